The normalized spacial score (nSPS) is 11.9. The number of pyridine rings is 1. The number of hydrogen-bond acceptors (Lipinski definition) is 5. The topological polar surface area (TPSA) is 118 Å². The molecule has 0 spiro atoms. The van der Waals surface area contributed by atoms with Crippen molar-refractivity contribution >= 4 is 18.0 Å². The molecule has 1 aliphatic carbocycles. The van der Waals surface area contributed by atoms with Crippen molar-refractivity contribution in [2.75, 3.05) is 13.2 Å². The molecule has 1 heterocycles. The van der Waals surface area contributed by atoms with Crippen molar-refractivity contribution in [3.8, 4) is 11.1 Å². The van der Waals surface area contributed by atoms with E-state index in [1.165, 1.54) is 29.5 Å². The van der Waals surface area contributed by atoms with Gasteiger partial charge in [-0.25, -0.2) is 9.59 Å². The molecular formula is C27H27N3O5. The van der Waals surface area contributed by atoms with E-state index in [1.54, 1.807) is 0 Å². The maximum Gasteiger partial charge on any atom is 0.407 e. The second-order valence-electron chi connectivity index (χ2n) is 8.33. The molecular weight excluding hydrogens is 446 g/mol. The van der Waals surface area contributed by atoms with Crippen LogP contribution in [0.15, 0.2) is 66.9 Å². The van der Waals surface area contributed by atoms with Gasteiger partial charge in [-0.1, -0.05) is 48.5 Å². The Morgan fingerprint density at radius 1 is 0.914 bits per heavy atom. The van der Waals surface area contributed by atoms with Gasteiger partial charge < -0.3 is 20.5 Å². The number of nitrogens with zero attached hydrogens (tertiary/aromatic N) is 1. The number of hydrogen-bond donors (Lipinski definition) is 3. The summed E-state index contributed by atoms with van der Waals surface area (Å²) in [5, 5.41) is 14.5. The number of carboxylic acid groups (broad SMARTS) is 1. The summed E-state index contributed by atoms with van der Waals surface area (Å²) in [4.78, 5) is 39.3. The van der Waals surface area contributed by atoms with Crippen LogP contribution in [0.1, 0.15) is 52.4 Å². The predicted octanol–water partition coefficient (Wildman–Crippen LogP) is 4.11. The molecule has 0 unspecified atom stereocenters. The van der Waals surface area contributed by atoms with Crippen molar-refractivity contribution < 1.29 is 24.2 Å². The standard InChI is InChI=1S/C27H27N3O5/c31-25(30-16-19-15-18(26(32)33)12-14-28-19)11-5-6-13-29-27(34)35-17-24-22-9-3-1-7-20(22)21-8-2-4-10-23(21)24/h1-4,7-10,12,14-15,24H,5-6,11,13,16-17H2,(H,29,34)(H,30,31)(H,32,33). The van der Waals surface area contributed by atoms with Crippen molar-refractivity contribution in [2.45, 2.75) is 31.7 Å². The molecule has 3 aromatic rings. The number of carbonyl (C=O) groups excluding carboxylic acids is 2. The minimum Gasteiger partial charge on any atom is -0.478 e. The molecule has 8 heteroatoms. The summed E-state index contributed by atoms with van der Waals surface area (Å²) in [5.74, 6) is -1.18. The van der Waals surface area contributed by atoms with Gasteiger partial charge in [-0.2, -0.15) is 0 Å². The Labute approximate surface area is 203 Å². The van der Waals surface area contributed by atoms with Gasteiger partial charge in [0.2, 0.25) is 5.91 Å². The Morgan fingerprint density at radius 3 is 2.29 bits per heavy atom. The van der Waals surface area contributed by atoms with Crippen molar-refractivity contribution in [1.29, 1.82) is 0 Å². The van der Waals surface area contributed by atoms with Gasteiger partial charge in [-0.15, -0.1) is 0 Å². The van der Waals surface area contributed by atoms with E-state index in [4.69, 9.17) is 9.84 Å². The van der Waals surface area contributed by atoms with Crippen molar-refractivity contribution in [3.63, 3.8) is 0 Å². The molecule has 0 saturated heterocycles. The van der Waals surface area contributed by atoms with E-state index in [0.29, 0.717) is 31.5 Å². The lowest BCUT2D eigenvalue weighted by atomic mass is 9.98. The molecule has 4 rings (SSSR count). The van der Waals surface area contributed by atoms with Crippen LogP contribution in [-0.2, 0) is 16.1 Å². The fraction of sp³-hybridized carbons (Fsp3) is 0.259. The molecule has 35 heavy (non-hydrogen) atoms. The van der Waals surface area contributed by atoms with E-state index in [9.17, 15) is 14.4 Å². The lowest BCUT2D eigenvalue weighted by Crippen LogP contribution is -2.27. The molecule has 2 aromatic carbocycles. The average molecular weight is 474 g/mol. The monoisotopic (exact) mass is 473 g/mol. The number of carbonyl (C=O) groups is 3. The molecule has 1 aromatic heterocycles. The zero-order valence-corrected chi connectivity index (χ0v) is 19.2. The second-order valence-corrected chi connectivity index (χ2v) is 8.33. The number of ether oxygens (including phenoxy) is 1. The van der Waals surface area contributed by atoms with Crippen LogP contribution in [0.3, 0.4) is 0 Å². The number of unbranched alkanes of at least 4 members (excludes halogenated alkanes) is 1. The van der Waals surface area contributed by atoms with E-state index in [0.717, 1.165) is 11.1 Å². The molecule has 3 N–H and O–H groups in total. The summed E-state index contributed by atoms with van der Waals surface area (Å²) in [6.45, 7) is 0.837. The summed E-state index contributed by atoms with van der Waals surface area (Å²) in [6, 6.07) is 19.2. The van der Waals surface area contributed by atoms with Crippen LogP contribution in [0.2, 0.25) is 0 Å². The van der Waals surface area contributed by atoms with Crippen molar-refractivity contribution in [2.24, 2.45) is 0 Å². The Kier molecular flexibility index (Phi) is 7.72. The molecule has 180 valence electrons. The number of amides is 2. The lowest BCUT2D eigenvalue weighted by Gasteiger charge is -2.14. The van der Waals surface area contributed by atoms with Crippen LogP contribution in [-0.4, -0.2) is 41.2 Å². The second kappa shape index (κ2) is 11.3. The number of nitrogens with one attached hydrogen (secondary N) is 2. The van der Waals surface area contributed by atoms with E-state index in [1.807, 2.05) is 24.3 Å². The first kappa shape index (κ1) is 23.9. The zero-order valence-electron chi connectivity index (χ0n) is 19.2. The van der Waals surface area contributed by atoms with Gasteiger partial charge in [-0.3, -0.25) is 9.78 Å². The highest BCUT2D eigenvalue weighted by atomic mass is 16.5. The van der Waals surface area contributed by atoms with Crippen LogP contribution < -0.4 is 10.6 Å². The van der Waals surface area contributed by atoms with Gasteiger partial charge in [0, 0.05) is 25.1 Å². The molecule has 0 radical (unpaired) electrons. The quantitative estimate of drug-likeness (QED) is 0.382. The van der Waals surface area contributed by atoms with Crippen molar-refractivity contribution in [3.05, 3.63) is 89.2 Å². The highest BCUT2D eigenvalue weighted by Crippen LogP contribution is 2.44. The first-order valence-electron chi connectivity index (χ1n) is 11.6. The maximum atomic E-state index is 12.2. The molecule has 1 aliphatic rings. The maximum absolute atomic E-state index is 12.2. The largest absolute Gasteiger partial charge is 0.478 e. The molecule has 8 nitrogen and oxygen atoms in total. The SMILES string of the molecule is O=C(CCCCNC(=O)OCC1c2ccccc2-c2ccccc21)NCc1cc(C(=O)O)ccn1. The predicted molar refractivity (Wildman–Crippen MR) is 130 cm³/mol. The fourth-order valence-corrected chi connectivity index (χ4v) is 4.24. The Balaban J connectivity index is 1.14. The third-order valence-corrected chi connectivity index (χ3v) is 5.97. The lowest BCUT2D eigenvalue weighted by molar-refractivity contribution is -0.121. The number of aromatic carboxylic acids is 1. The van der Waals surface area contributed by atoms with E-state index >= 15 is 0 Å². The molecule has 0 bridgehead atoms. The van der Waals surface area contributed by atoms with Gasteiger partial charge in [0.05, 0.1) is 17.8 Å². The minimum absolute atomic E-state index is 0.0162. The first-order valence-corrected chi connectivity index (χ1v) is 11.6. The van der Waals surface area contributed by atoms with Crippen molar-refractivity contribution in [1.82, 2.24) is 15.6 Å². The smallest absolute Gasteiger partial charge is 0.407 e. The first-order chi connectivity index (χ1) is 17.0. The zero-order chi connectivity index (χ0) is 24.6. The van der Waals surface area contributed by atoms with Crippen LogP contribution in [0.25, 0.3) is 11.1 Å². The number of fused-ring (bicyclic) bond motifs is 3. The highest BCUT2D eigenvalue weighted by molar-refractivity contribution is 5.87. The third kappa shape index (κ3) is 6.03. The Hall–Kier alpha value is -4.20. The molecule has 0 saturated carbocycles. The van der Waals surface area contributed by atoms with Gasteiger partial charge in [0.15, 0.2) is 0 Å². The van der Waals surface area contributed by atoms with Gasteiger partial charge in [0.1, 0.15) is 6.61 Å². The number of alkyl carbamates (subject to hydrolysis) is 1. The van der Waals surface area contributed by atoms with E-state index < -0.39 is 12.1 Å². The van der Waals surface area contributed by atoms with Gasteiger partial charge in [-0.05, 0) is 47.2 Å². The van der Waals surface area contributed by atoms with Gasteiger partial charge in [0.25, 0.3) is 0 Å². The molecule has 0 aliphatic heterocycles. The number of carboxylic acids is 1. The van der Waals surface area contributed by atoms with Crippen LogP contribution in [0.5, 0.6) is 0 Å². The van der Waals surface area contributed by atoms with Crippen LogP contribution >= 0.6 is 0 Å². The average Bonchev–Trinajstić information content (AvgIpc) is 3.20. The summed E-state index contributed by atoms with van der Waals surface area (Å²) in [6.07, 6.45) is 2.45. The molecule has 0 fully saturated rings. The van der Waals surface area contributed by atoms with Gasteiger partial charge >= 0.3 is 12.1 Å². The molecule has 2 amide bonds. The number of benzene rings is 2. The highest BCUT2D eigenvalue weighted by Gasteiger charge is 2.28. The Morgan fingerprint density at radius 2 is 1.60 bits per heavy atom. The fourth-order valence-electron chi connectivity index (χ4n) is 4.24. The third-order valence-electron chi connectivity index (χ3n) is 5.97. The van der Waals surface area contributed by atoms with Crippen LogP contribution in [0, 0.1) is 0 Å². The summed E-state index contributed by atoms with van der Waals surface area (Å²) < 4.78 is 5.50. The summed E-state index contributed by atoms with van der Waals surface area (Å²) in [5.41, 5.74) is 5.30. The summed E-state index contributed by atoms with van der Waals surface area (Å²) >= 11 is 0. The Bertz CT molecular complexity index is 1180. The molecule has 0 atom stereocenters. The van der Waals surface area contributed by atoms with E-state index in [2.05, 4.69) is 39.9 Å². The number of rotatable bonds is 10. The summed E-state index contributed by atoms with van der Waals surface area (Å²) in [7, 11) is 0. The van der Waals surface area contributed by atoms with E-state index in [-0.39, 0.29) is 30.5 Å². The van der Waals surface area contributed by atoms with Crippen LogP contribution in [0.4, 0.5) is 4.79 Å². The number of aromatic nitrogens is 1. The minimum atomic E-state index is -1.04.